The highest BCUT2D eigenvalue weighted by Crippen LogP contribution is 2.40. The summed E-state index contributed by atoms with van der Waals surface area (Å²) in [6.45, 7) is 6.84. The van der Waals surface area contributed by atoms with Gasteiger partial charge in [-0.2, -0.15) is 10.2 Å². The SMILES string of the molecule is O=c1cc2c(nn1CCN1CCN(Cc3cn[nH]c3C3CC3)CC1)CCC2. The second-order valence-corrected chi connectivity index (χ2v) is 8.23. The summed E-state index contributed by atoms with van der Waals surface area (Å²) in [4.78, 5) is 17.2. The molecular formula is C20H28N6O. The summed E-state index contributed by atoms with van der Waals surface area (Å²) < 4.78 is 1.67. The van der Waals surface area contributed by atoms with Gasteiger partial charge in [-0.15, -0.1) is 0 Å². The second kappa shape index (κ2) is 7.20. The van der Waals surface area contributed by atoms with Gasteiger partial charge < -0.3 is 0 Å². The second-order valence-electron chi connectivity index (χ2n) is 8.23. The number of nitrogens with one attached hydrogen (secondary N) is 1. The van der Waals surface area contributed by atoms with E-state index in [2.05, 4.69) is 25.1 Å². The first-order valence-electron chi connectivity index (χ1n) is 10.3. The molecule has 0 radical (unpaired) electrons. The molecule has 0 bridgehead atoms. The van der Waals surface area contributed by atoms with Crippen LogP contribution in [0.3, 0.4) is 0 Å². The van der Waals surface area contributed by atoms with Gasteiger partial charge in [0.15, 0.2) is 0 Å². The summed E-state index contributed by atoms with van der Waals surface area (Å²) in [7, 11) is 0. The third kappa shape index (κ3) is 3.71. The molecule has 0 spiro atoms. The Morgan fingerprint density at radius 3 is 2.70 bits per heavy atom. The average molecular weight is 368 g/mol. The van der Waals surface area contributed by atoms with Crippen molar-refractivity contribution in [3.63, 3.8) is 0 Å². The van der Waals surface area contributed by atoms with Crippen LogP contribution in [0.4, 0.5) is 0 Å². The predicted molar refractivity (Wildman–Crippen MR) is 103 cm³/mol. The number of piperazine rings is 1. The summed E-state index contributed by atoms with van der Waals surface area (Å²) in [5, 5.41) is 12.1. The molecule has 0 atom stereocenters. The van der Waals surface area contributed by atoms with Gasteiger partial charge in [-0.1, -0.05) is 0 Å². The molecule has 3 heterocycles. The maximum Gasteiger partial charge on any atom is 0.267 e. The molecule has 2 aromatic rings. The van der Waals surface area contributed by atoms with Gasteiger partial charge in [0.2, 0.25) is 0 Å². The summed E-state index contributed by atoms with van der Waals surface area (Å²) in [5.41, 5.74) is 5.09. The molecule has 27 heavy (non-hydrogen) atoms. The van der Waals surface area contributed by atoms with Crippen LogP contribution in [0, 0.1) is 0 Å². The van der Waals surface area contributed by atoms with E-state index in [1.807, 2.05) is 6.20 Å². The number of rotatable bonds is 6. The van der Waals surface area contributed by atoms with Gasteiger partial charge in [-0.3, -0.25) is 19.7 Å². The lowest BCUT2D eigenvalue weighted by atomic mass is 10.1. The number of hydrogen-bond acceptors (Lipinski definition) is 5. The molecular weight excluding hydrogens is 340 g/mol. The van der Waals surface area contributed by atoms with E-state index in [9.17, 15) is 4.79 Å². The Kier molecular flexibility index (Phi) is 4.57. The monoisotopic (exact) mass is 368 g/mol. The highest BCUT2D eigenvalue weighted by molar-refractivity contribution is 5.24. The van der Waals surface area contributed by atoms with E-state index < -0.39 is 0 Å². The average Bonchev–Trinajstić information content (AvgIpc) is 3.25. The van der Waals surface area contributed by atoms with Crippen LogP contribution in [-0.4, -0.2) is 62.5 Å². The molecule has 0 aromatic carbocycles. The molecule has 144 valence electrons. The number of aromatic nitrogens is 4. The summed E-state index contributed by atoms with van der Waals surface area (Å²) in [6, 6.07) is 1.80. The van der Waals surface area contributed by atoms with Crippen molar-refractivity contribution in [2.75, 3.05) is 32.7 Å². The Labute approximate surface area is 159 Å². The first-order chi connectivity index (χ1) is 13.3. The van der Waals surface area contributed by atoms with Crippen LogP contribution < -0.4 is 5.56 Å². The van der Waals surface area contributed by atoms with Crippen molar-refractivity contribution < 1.29 is 0 Å². The number of nitrogens with zero attached hydrogens (tertiary/aromatic N) is 5. The minimum absolute atomic E-state index is 0.0573. The predicted octanol–water partition coefficient (Wildman–Crippen LogP) is 1.15. The van der Waals surface area contributed by atoms with Gasteiger partial charge in [0.1, 0.15) is 0 Å². The first-order valence-corrected chi connectivity index (χ1v) is 10.3. The van der Waals surface area contributed by atoms with E-state index in [0.29, 0.717) is 6.54 Å². The molecule has 1 saturated heterocycles. The van der Waals surface area contributed by atoms with E-state index in [-0.39, 0.29) is 5.56 Å². The van der Waals surface area contributed by atoms with Gasteiger partial charge in [0.25, 0.3) is 5.56 Å². The first kappa shape index (κ1) is 17.1. The fraction of sp³-hybridized carbons (Fsp3) is 0.650. The third-order valence-electron chi connectivity index (χ3n) is 6.25. The third-order valence-corrected chi connectivity index (χ3v) is 6.25. The molecule has 0 unspecified atom stereocenters. The van der Waals surface area contributed by atoms with Gasteiger partial charge in [-0.25, -0.2) is 4.68 Å². The van der Waals surface area contributed by atoms with E-state index in [0.717, 1.165) is 75.7 Å². The number of aromatic amines is 1. The minimum atomic E-state index is 0.0573. The molecule has 2 aromatic heterocycles. The Balaban J connectivity index is 1.12. The molecule has 3 aliphatic rings. The Morgan fingerprint density at radius 2 is 1.89 bits per heavy atom. The maximum absolute atomic E-state index is 12.2. The van der Waals surface area contributed by atoms with Crippen LogP contribution in [0.5, 0.6) is 0 Å². The minimum Gasteiger partial charge on any atom is -0.299 e. The molecule has 7 nitrogen and oxygen atoms in total. The van der Waals surface area contributed by atoms with E-state index in [1.165, 1.54) is 24.1 Å². The maximum atomic E-state index is 12.2. The van der Waals surface area contributed by atoms with E-state index in [4.69, 9.17) is 0 Å². The van der Waals surface area contributed by atoms with Crippen LogP contribution >= 0.6 is 0 Å². The van der Waals surface area contributed by atoms with Gasteiger partial charge in [0, 0.05) is 62.5 Å². The van der Waals surface area contributed by atoms with Gasteiger partial charge in [0.05, 0.1) is 18.4 Å². The molecule has 1 aliphatic heterocycles. The van der Waals surface area contributed by atoms with Crippen molar-refractivity contribution in [3.05, 3.63) is 45.1 Å². The topological polar surface area (TPSA) is 70.1 Å². The molecule has 1 N–H and O–H groups in total. The molecule has 5 rings (SSSR count). The lowest BCUT2D eigenvalue weighted by molar-refractivity contribution is 0.122. The van der Waals surface area contributed by atoms with Crippen molar-refractivity contribution in [1.82, 2.24) is 29.8 Å². The van der Waals surface area contributed by atoms with Crippen LogP contribution in [0.25, 0.3) is 0 Å². The van der Waals surface area contributed by atoms with Crippen LogP contribution in [0.1, 0.15) is 47.7 Å². The summed E-state index contributed by atoms with van der Waals surface area (Å²) >= 11 is 0. The highest BCUT2D eigenvalue weighted by Gasteiger charge is 2.28. The lowest BCUT2D eigenvalue weighted by Crippen LogP contribution is -2.47. The van der Waals surface area contributed by atoms with Gasteiger partial charge in [-0.05, 0) is 37.7 Å². The standard InChI is InChI=1S/C20H28N6O/c27-19-12-16-2-1-3-18(16)23-26(19)11-10-24-6-8-25(9-7-24)14-17-13-21-22-20(17)15-4-5-15/h12-13,15H,1-11,14H2,(H,21,22). The zero-order chi connectivity index (χ0) is 18.2. The number of fused-ring (bicyclic) bond motifs is 1. The fourth-order valence-corrected chi connectivity index (χ4v) is 4.42. The lowest BCUT2D eigenvalue weighted by Gasteiger charge is -2.34. The van der Waals surface area contributed by atoms with Gasteiger partial charge >= 0.3 is 0 Å². The van der Waals surface area contributed by atoms with Crippen molar-refractivity contribution in [2.24, 2.45) is 0 Å². The summed E-state index contributed by atoms with van der Waals surface area (Å²) in [5.74, 6) is 0.724. The van der Waals surface area contributed by atoms with E-state index >= 15 is 0 Å². The van der Waals surface area contributed by atoms with Crippen molar-refractivity contribution in [2.45, 2.75) is 51.1 Å². The summed E-state index contributed by atoms with van der Waals surface area (Å²) in [6.07, 6.45) is 7.78. The van der Waals surface area contributed by atoms with Crippen molar-refractivity contribution in [3.8, 4) is 0 Å². The van der Waals surface area contributed by atoms with Crippen molar-refractivity contribution >= 4 is 0 Å². The van der Waals surface area contributed by atoms with E-state index in [1.54, 1.807) is 10.7 Å². The Bertz CT molecular complexity index is 860. The quantitative estimate of drug-likeness (QED) is 0.828. The largest absolute Gasteiger partial charge is 0.299 e. The number of aryl methyl sites for hydroxylation is 2. The Hall–Kier alpha value is -1.99. The highest BCUT2D eigenvalue weighted by atomic mass is 16.1. The van der Waals surface area contributed by atoms with Crippen LogP contribution in [0.2, 0.25) is 0 Å². The number of hydrogen-bond donors (Lipinski definition) is 1. The molecule has 1 saturated carbocycles. The van der Waals surface area contributed by atoms with Crippen molar-refractivity contribution in [1.29, 1.82) is 0 Å². The zero-order valence-corrected chi connectivity index (χ0v) is 15.9. The molecule has 2 aliphatic carbocycles. The smallest absolute Gasteiger partial charge is 0.267 e. The molecule has 0 amide bonds. The molecule has 7 heteroatoms. The zero-order valence-electron chi connectivity index (χ0n) is 15.9. The number of H-pyrrole nitrogens is 1. The molecule has 2 fully saturated rings. The van der Waals surface area contributed by atoms with Crippen LogP contribution in [0.15, 0.2) is 17.1 Å². The normalized spacial score (nSPS) is 20.9. The Morgan fingerprint density at radius 1 is 1.07 bits per heavy atom. The van der Waals surface area contributed by atoms with Crippen LogP contribution in [-0.2, 0) is 25.9 Å². The fourth-order valence-electron chi connectivity index (χ4n) is 4.42.